The molecule has 25 heavy (non-hydrogen) atoms. The largest absolute Gasteiger partial charge is 0.491 e. The molecule has 8 heteroatoms. The van der Waals surface area contributed by atoms with Crippen LogP contribution in [0.25, 0.3) is 10.9 Å². The molecular formula is C17H21N3O4S. The van der Waals surface area contributed by atoms with Gasteiger partial charge in [0.1, 0.15) is 5.75 Å². The molecule has 1 atom stereocenters. The van der Waals surface area contributed by atoms with Crippen LogP contribution in [0.3, 0.4) is 0 Å². The zero-order chi connectivity index (χ0) is 18.2. The lowest BCUT2D eigenvalue weighted by molar-refractivity contribution is -0.116. The van der Waals surface area contributed by atoms with Crippen LogP contribution in [0.2, 0.25) is 0 Å². The molecule has 0 fully saturated rings. The number of aromatic nitrogens is 2. The predicted molar refractivity (Wildman–Crippen MR) is 96.1 cm³/mol. The van der Waals surface area contributed by atoms with Crippen molar-refractivity contribution in [2.75, 3.05) is 11.1 Å². The molecule has 2 heterocycles. The Labute approximate surface area is 146 Å². The highest BCUT2D eigenvalue weighted by Crippen LogP contribution is 2.27. The zero-order valence-electron chi connectivity index (χ0n) is 14.4. The van der Waals surface area contributed by atoms with Crippen molar-refractivity contribution >= 4 is 32.5 Å². The lowest BCUT2D eigenvalue weighted by atomic mass is 10.1. The second kappa shape index (κ2) is 6.51. The van der Waals surface area contributed by atoms with Gasteiger partial charge >= 0.3 is 0 Å². The van der Waals surface area contributed by atoms with E-state index in [-0.39, 0.29) is 30.1 Å². The number of nitrogens with zero attached hydrogens (tertiary/aromatic N) is 2. The van der Waals surface area contributed by atoms with E-state index < -0.39 is 9.84 Å². The molecule has 7 nitrogen and oxygen atoms in total. The molecule has 0 bridgehead atoms. The molecule has 3 rings (SSSR count). The summed E-state index contributed by atoms with van der Waals surface area (Å²) in [5, 5.41) is 9.11. The summed E-state index contributed by atoms with van der Waals surface area (Å²) in [6, 6.07) is 5.58. The summed E-state index contributed by atoms with van der Waals surface area (Å²) in [7, 11) is -1.36. The number of nitrogens with one attached hydrogen (secondary N) is 1. The van der Waals surface area contributed by atoms with Crippen LogP contribution < -0.4 is 10.1 Å². The van der Waals surface area contributed by atoms with Crippen molar-refractivity contribution in [3.05, 3.63) is 29.7 Å². The molecular weight excluding hydrogens is 342 g/mol. The first kappa shape index (κ1) is 17.5. The van der Waals surface area contributed by atoms with Crippen LogP contribution in [0.5, 0.6) is 5.75 Å². The minimum atomic E-state index is -3.15. The van der Waals surface area contributed by atoms with Crippen LogP contribution in [0.1, 0.15) is 20.3 Å². The molecule has 0 radical (unpaired) electrons. The Hall–Kier alpha value is -2.35. The number of benzene rings is 1. The first-order valence-electron chi connectivity index (χ1n) is 8.08. The summed E-state index contributed by atoms with van der Waals surface area (Å²) >= 11 is 0. The highest BCUT2D eigenvalue weighted by Gasteiger charge is 2.24. The summed E-state index contributed by atoms with van der Waals surface area (Å²) < 4.78 is 30.2. The predicted octanol–water partition coefficient (Wildman–Crippen LogP) is 2.25. The number of aryl methyl sites for hydroxylation is 1. The molecule has 134 valence electrons. The Morgan fingerprint density at radius 3 is 2.84 bits per heavy atom. The molecule has 1 aromatic heterocycles. The number of anilines is 1. The molecule has 1 N–H and O–H groups in total. The van der Waals surface area contributed by atoms with E-state index in [2.05, 4.69) is 10.4 Å². The minimum Gasteiger partial charge on any atom is -0.491 e. The van der Waals surface area contributed by atoms with Crippen molar-refractivity contribution in [1.29, 1.82) is 0 Å². The second-order valence-corrected chi connectivity index (χ2v) is 8.42. The Kier molecular flexibility index (Phi) is 4.55. The van der Waals surface area contributed by atoms with Crippen LogP contribution >= 0.6 is 0 Å². The van der Waals surface area contributed by atoms with Gasteiger partial charge in [0.25, 0.3) is 0 Å². The smallest absolute Gasteiger partial charge is 0.226 e. The first-order chi connectivity index (χ1) is 11.7. The summed E-state index contributed by atoms with van der Waals surface area (Å²) in [6.07, 6.45) is 1.75. The van der Waals surface area contributed by atoms with Gasteiger partial charge < -0.3 is 10.1 Å². The van der Waals surface area contributed by atoms with Crippen LogP contribution in [-0.2, 0) is 21.7 Å². The van der Waals surface area contributed by atoms with E-state index in [9.17, 15) is 13.2 Å². The summed E-state index contributed by atoms with van der Waals surface area (Å²) in [6.45, 7) is 3.91. The van der Waals surface area contributed by atoms with Crippen LogP contribution in [-0.4, -0.2) is 36.0 Å². The van der Waals surface area contributed by atoms with E-state index in [1.807, 2.05) is 32.0 Å². The Morgan fingerprint density at radius 2 is 2.20 bits per heavy atom. The van der Waals surface area contributed by atoms with E-state index in [0.29, 0.717) is 5.82 Å². The van der Waals surface area contributed by atoms with Crippen LogP contribution in [0.15, 0.2) is 29.7 Å². The number of carbonyl (C=O) groups excluding carboxylic acids is 1. The number of fused-ring (bicyclic) bond motifs is 1. The van der Waals surface area contributed by atoms with Crippen molar-refractivity contribution in [2.24, 2.45) is 13.0 Å². The van der Waals surface area contributed by atoms with Gasteiger partial charge in [-0.3, -0.25) is 9.48 Å². The van der Waals surface area contributed by atoms with E-state index in [0.717, 1.165) is 16.7 Å². The summed E-state index contributed by atoms with van der Waals surface area (Å²) in [4.78, 5) is 12.2. The summed E-state index contributed by atoms with van der Waals surface area (Å²) in [5.74, 6) is 0.646. The van der Waals surface area contributed by atoms with Crippen LogP contribution in [0.4, 0.5) is 5.82 Å². The van der Waals surface area contributed by atoms with Gasteiger partial charge in [0.05, 0.1) is 17.4 Å². The minimum absolute atomic E-state index is 0.0146. The number of rotatable bonds is 5. The molecule has 1 amide bonds. The molecule has 1 aliphatic rings. The third kappa shape index (κ3) is 4.01. The normalized spacial score (nSPS) is 18.8. The third-order valence-corrected chi connectivity index (χ3v) is 5.37. The van der Waals surface area contributed by atoms with E-state index in [1.165, 1.54) is 5.41 Å². The zero-order valence-corrected chi connectivity index (χ0v) is 15.2. The number of hydrogen-bond acceptors (Lipinski definition) is 5. The molecule has 0 spiro atoms. The van der Waals surface area contributed by atoms with Gasteiger partial charge in [-0.2, -0.15) is 5.10 Å². The number of ether oxygens (including phenoxy) is 1. The van der Waals surface area contributed by atoms with E-state index in [1.54, 1.807) is 17.8 Å². The fourth-order valence-corrected chi connectivity index (χ4v) is 4.26. The molecule has 2 aromatic rings. The average Bonchev–Trinajstić information content (AvgIpc) is 2.98. The fraction of sp³-hybridized carbons (Fsp3) is 0.412. The molecule has 0 unspecified atom stereocenters. The lowest BCUT2D eigenvalue weighted by Gasteiger charge is -2.09. The monoisotopic (exact) mass is 363 g/mol. The van der Waals surface area contributed by atoms with Gasteiger partial charge in [0.15, 0.2) is 15.7 Å². The topological polar surface area (TPSA) is 90.3 Å². The Balaban J connectivity index is 1.75. The van der Waals surface area contributed by atoms with Crippen molar-refractivity contribution in [2.45, 2.75) is 26.4 Å². The molecule has 1 aliphatic heterocycles. The maximum atomic E-state index is 12.2. The van der Waals surface area contributed by atoms with Crippen molar-refractivity contribution in [3.63, 3.8) is 0 Å². The van der Waals surface area contributed by atoms with Gasteiger partial charge in [-0.15, -0.1) is 0 Å². The number of sulfone groups is 1. The first-order valence-corrected chi connectivity index (χ1v) is 9.79. The third-order valence-electron chi connectivity index (χ3n) is 3.90. The van der Waals surface area contributed by atoms with Gasteiger partial charge in [0, 0.05) is 36.2 Å². The number of hydrogen-bond donors (Lipinski definition) is 1. The van der Waals surface area contributed by atoms with Crippen molar-refractivity contribution in [3.8, 4) is 5.75 Å². The summed E-state index contributed by atoms with van der Waals surface area (Å²) in [5.41, 5.74) is 0.844. The van der Waals surface area contributed by atoms with Gasteiger partial charge in [-0.05, 0) is 26.0 Å². The van der Waals surface area contributed by atoms with Gasteiger partial charge in [-0.1, -0.05) is 6.08 Å². The van der Waals surface area contributed by atoms with Crippen LogP contribution in [0, 0.1) is 5.92 Å². The number of allylic oxidation sites excluding steroid dienone is 1. The maximum Gasteiger partial charge on any atom is 0.226 e. The van der Waals surface area contributed by atoms with Crippen molar-refractivity contribution in [1.82, 2.24) is 9.78 Å². The Morgan fingerprint density at radius 1 is 1.44 bits per heavy atom. The van der Waals surface area contributed by atoms with Gasteiger partial charge in [-0.25, -0.2) is 8.42 Å². The highest BCUT2D eigenvalue weighted by atomic mass is 32.2. The SMILES string of the molecule is CC(C)Oc1ccc2c(NC(=O)C[C@H]3C=CS(=O)(=O)C3)nn(C)c2c1. The molecule has 0 saturated heterocycles. The lowest BCUT2D eigenvalue weighted by Crippen LogP contribution is -2.18. The van der Waals surface area contributed by atoms with E-state index >= 15 is 0 Å². The quantitative estimate of drug-likeness (QED) is 0.880. The highest BCUT2D eigenvalue weighted by molar-refractivity contribution is 7.94. The molecule has 0 saturated carbocycles. The molecule has 0 aliphatic carbocycles. The van der Waals surface area contributed by atoms with E-state index in [4.69, 9.17) is 4.74 Å². The molecule has 1 aromatic carbocycles. The average molecular weight is 363 g/mol. The maximum absolute atomic E-state index is 12.2. The fourth-order valence-electron chi connectivity index (χ4n) is 2.86. The standard InChI is InChI=1S/C17H21N3O4S/c1-11(2)24-13-4-5-14-15(9-13)20(3)19-17(14)18-16(21)8-12-6-7-25(22,23)10-12/h4-7,9,11-12H,8,10H2,1-3H3,(H,18,19,21)/t12-/m1/s1. The Bertz CT molecular complexity index is 944. The number of amides is 1. The van der Waals surface area contributed by atoms with Crippen molar-refractivity contribution < 1.29 is 17.9 Å². The number of carbonyl (C=O) groups is 1. The second-order valence-electron chi connectivity index (χ2n) is 6.49. The van der Waals surface area contributed by atoms with Gasteiger partial charge in [0.2, 0.25) is 5.91 Å².